The summed E-state index contributed by atoms with van der Waals surface area (Å²) in [6, 6.07) is 27.1. The minimum Gasteiger partial charge on any atom is -0.465 e. The highest BCUT2D eigenvalue weighted by molar-refractivity contribution is 6.40. The van der Waals surface area contributed by atoms with E-state index in [9.17, 15) is 38.4 Å². The highest BCUT2D eigenvalue weighted by Gasteiger charge is 2.24. The van der Waals surface area contributed by atoms with E-state index in [4.69, 9.17) is 43.0 Å². The highest BCUT2D eigenvalue weighted by atomic mass is 35.5. The first-order valence-corrected chi connectivity index (χ1v) is 45.0. The third kappa shape index (κ3) is 42.6. The van der Waals surface area contributed by atoms with E-state index in [1.165, 1.54) is 43.5 Å². The number of aryl methyl sites for hydroxylation is 6. The summed E-state index contributed by atoms with van der Waals surface area (Å²) in [5, 5.41) is 14.0. The Morgan fingerprint density at radius 3 is 0.934 bits per heavy atom. The third-order valence-electron chi connectivity index (χ3n) is 15.0. The molecule has 15 aromatic rings. The Morgan fingerprint density at radius 2 is 0.632 bits per heavy atom. The molecule has 0 aliphatic rings. The number of carbonyl (C=O) groups is 8. The molecule has 0 aliphatic carbocycles. The molecule has 1 unspecified atom stereocenters. The summed E-state index contributed by atoms with van der Waals surface area (Å²) in [5.74, 6) is -1.80. The number of rotatable bonds is 12. The number of anilines is 3. The summed E-state index contributed by atoms with van der Waals surface area (Å²) >= 11 is 5.32. The molecule has 39 nitrogen and oxygen atoms in total. The molecule has 15 rings (SSSR count). The van der Waals surface area contributed by atoms with E-state index < -0.39 is 17.3 Å². The maximum absolute atomic E-state index is 11.7. The van der Waals surface area contributed by atoms with Gasteiger partial charge in [0.1, 0.15) is 28.7 Å². The summed E-state index contributed by atoms with van der Waals surface area (Å²) in [4.78, 5) is 134. The van der Waals surface area contributed by atoms with Crippen molar-refractivity contribution in [2.45, 2.75) is 206 Å². The van der Waals surface area contributed by atoms with Crippen molar-refractivity contribution in [3.05, 3.63) is 252 Å². The number of aromatic nitrogens is 21. The van der Waals surface area contributed by atoms with Gasteiger partial charge in [-0.1, -0.05) is 143 Å². The first-order valence-electron chi connectivity index (χ1n) is 44.5. The van der Waals surface area contributed by atoms with E-state index in [0.717, 1.165) is 11.3 Å². The van der Waals surface area contributed by atoms with Gasteiger partial charge in [0.2, 0.25) is 0 Å². The first-order chi connectivity index (χ1) is 65.7. The van der Waals surface area contributed by atoms with E-state index in [-0.39, 0.29) is 42.2 Å². The number of pyridine rings is 3. The van der Waals surface area contributed by atoms with Crippen LogP contribution in [0.15, 0.2) is 184 Å². The molecule has 40 heteroatoms. The molecule has 1 atom stereocenters. The molecule has 15 heterocycles. The van der Waals surface area contributed by atoms with Crippen LogP contribution >= 0.6 is 11.6 Å². The molecule has 0 fully saturated rings. The van der Waals surface area contributed by atoms with Crippen molar-refractivity contribution in [1.29, 1.82) is 0 Å². The van der Waals surface area contributed by atoms with E-state index >= 15 is 0 Å². The van der Waals surface area contributed by atoms with Gasteiger partial charge in [-0.2, -0.15) is 15.3 Å². The minimum absolute atomic E-state index is 0.245. The zero-order valence-corrected chi connectivity index (χ0v) is 85.6. The summed E-state index contributed by atoms with van der Waals surface area (Å²) in [5.41, 5.74) is 26.3. The summed E-state index contributed by atoms with van der Waals surface area (Å²) in [6.45, 7) is 56.2. The highest BCUT2D eigenvalue weighted by Crippen LogP contribution is 2.18. The smallest absolute Gasteiger partial charge is 0.358 e. The normalized spacial score (nSPS) is 9.33. The number of nitrogens with two attached hydrogens (primary N) is 3. The van der Waals surface area contributed by atoms with Crippen LogP contribution in [0.25, 0.3) is 33.9 Å². The largest absolute Gasteiger partial charge is 0.465 e. The molecular formula is C96H141ClN24O15. The third-order valence-corrected chi connectivity index (χ3v) is 15.5. The Hall–Kier alpha value is -15.2. The summed E-state index contributed by atoms with van der Waals surface area (Å²) in [7, 11) is 4.05. The molecule has 0 aromatic carbocycles. The van der Waals surface area contributed by atoms with Crippen LogP contribution in [0, 0.1) is 41.5 Å². The quantitative estimate of drug-likeness (QED) is 0.0442. The average molecular weight is 1910 g/mol. The predicted octanol–water partition coefficient (Wildman–Crippen LogP) is 18.1. The number of fused-ring (bicyclic) bond motifs is 6. The van der Waals surface area contributed by atoms with E-state index in [2.05, 4.69) is 94.2 Å². The SMILES string of the molecule is CC.CC.CC.CC.CC.CC.CC.CC.CC.CCOC(=O)C(Cl)C(C)=O.CCOC(=O)c1c(C)nc2ccccn12.CCOC(=O)c1c(C)nc2cccnn12.CCOC(=O)c1c(C)nc2cnccn12.COC(=O)c1c(C)nc2ccccn12.COC(=O)c1c(C)nc2cccnn12.COC(=O)c1c(C)nc2cnccn12.Nc1ccccn1.Nc1cccnn1.Nc1cnccn1. The van der Waals surface area contributed by atoms with Crippen LogP contribution in [-0.4, -0.2) is 203 Å². The minimum atomic E-state index is -1.14. The van der Waals surface area contributed by atoms with E-state index in [0.29, 0.717) is 128 Å². The fourth-order valence-corrected chi connectivity index (χ4v) is 10.1. The molecule has 0 spiro atoms. The van der Waals surface area contributed by atoms with Gasteiger partial charge in [0.05, 0.1) is 101 Å². The topological polar surface area (TPSA) is 499 Å². The number of esters is 7. The Bertz CT molecular complexity index is 5280. The lowest BCUT2D eigenvalue weighted by Crippen LogP contribution is -2.24. The number of nitrogens with zero attached hydrogens (tertiary/aromatic N) is 21. The number of hydrogen-bond acceptors (Lipinski definition) is 33. The van der Waals surface area contributed by atoms with Crippen molar-refractivity contribution in [3.63, 3.8) is 0 Å². The number of alkyl halides is 1. The molecule has 0 radical (unpaired) electrons. The number of ketones is 1. The van der Waals surface area contributed by atoms with Crippen molar-refractivity contribution in [2.24, 2.45) is 0 Å². The molecule has 6 N–H and O–H groups in total. The van der Waals surface area contributed by atoms with Gasteiger partial charge in [-0.15, -0.1) is 16.7 Å². The van der Waals surface area contributed by atoms with E-state index in [1.807, 2.05) is 179 Å². The number of methoxy groups -OCH3 is 3. The van der Waals surface area contributed by atoms with Gasteiger partial charge < -0.3 is 50.4 Å². The van der Waals surface area contributed by atoms with Crippen molar-refractivity contribution in [1.82, 2.24) is 102 Å². The maximum Gasteiger partial charge on any atom is 0.358 e. The monoisotopic (exact) mass is 1910 g/mol. The van der Waals surface area contributed by atoms with Crippen LogP contribution in [0.5, 0.6) is 0 Å². The standard InChI is InChI=1S/C11H12N2O2.2C10H11N3O2.C10H10N2O2.2C9H9N3O2.C6H9ClO3.C5H6N2.2C4H5N3.9C2H6/c1-3-15-11(14)10-8(2)12-9-6-4-5-7-13(9)10;1-3-15-10(14)9-7(2)12-8-6-11-4-5-13(8)9;1-3-15-10(14)9-7(2)12-8-5-4-6-11-13(8)9;1-7-9(10(13)14-2)12-6-4-3-5-8(12)11-7;1-6-8(9(13)14-2)12-4-3-10-5-7(12)11-6;1-6-8(9(13)14-2)12-7(11-6)4-3-5-10-12;1-3-10-6(9)5(7)4(2)8;6-5-3-1-2-4-7-5;5-4-3-6-1-2-7-4;5-4-2-1-3-6-7-4;9*1-2/h4-7H,3H2,1-2H3;2*4-6H,3H2,1-2H3;3-6H,1-2H3;2*3-5H,1-2H3;5H,3H2,1-2H3;1-4H,(H2,6,7);2*1-3H,(H2,5,7);9*1-2H3. The van der Waals surface area contributed by atoms with Crippen LogP contribution in [-0.2, 0) is 42.7 Å². The number of halogens is 1. The van der Waals surface area contributed by atoms with Crippen molar-refractivity contribution >= 4 is 111 Å². The van der Waals surface area contributed by atoms with Crippen molar-refractivity contribution in [2.75, 3.05) is 65.0 Å². The predicted molar refractivity (Wildman–Crippen MR) is 533 cm³/mol. The van der Waals surface area contributed by atoms with E-state index in [1.54, 1.807) is 210 Å². The van der Waals surface area contributed by atoms with Crippen LogP contribution in [0.1, 0.15) is 256 Å². The van der Waals surface area contributed by atoms with Gasteiger partial charge in [0.25, 0.3) is 0 Å². The van der Waals surface area contributed by atoms with Gasteiger partial charge in [-0.3, -0.25) is 37.3 Å². The van der Waals surface area contributed by atoms with Crippen LogP contribution in [0.3, 0.4) is 0 Å². The fourth-order valence-electron chi connectivity index (χ4n) is 10.00. The zero-order chi connectivity index (χ0) is 104. The van der Waals surface area contributed by atoms with Crippen molar-refractivity contribution < 1.29 is 71.5 Å². The molecule has 0 aliphatic heterocycles. The number of hydrogen-bond donors (Lipinski definition) is 3. The lowest BCUT2D eigenvalue weighted by Gasteiger charge is -2.03. The first kappa shape index (κ1) is 127. The second kappa shape index (κ2) is 76.4. The Labute approximate surface area is 803 Å². The molecule has 0 saturated heterocycles. The Morgan fingerprint density at radius 1 is 0.324 bits per heavy atom. The van der Waals surface area contributed by atoms with Crippen LogP contribution in [0.4, 0.5) is 17.5 Å². The van der Waals surface area contributed by atoms with Gasteiger partial charge in [-0.05, 0) is 149 Å². The average Bonchev–Trinajstić information content (AvgIpc) is 1.73. The lowest BCUT2D eigenvalue weighted by molar-refractivity contribution is -0.144. The second-order valence-corrected chi connectivity index (χ2v) is 23.7. The van der Waals surface area contributed by atoms with Crippen molar-refractivity contribution in [3.8, 4) is 0 Å². The second-order valence-electron chi connectivity index (χ2n) is 23.2. The molecule has 136 heavy (non-hydrogen) atoms. The Balaban J connectivity index is -0.000000704. The molecule has 0 bridgehead atoms. The van der Waals surface area contributed by atoms with Gasteiger partial charge >= 0.3 is 41.8 Å². The van der Waals surface area contributed by atoms with Gasteiger partial charge in [0.15, 0.2) is 67.9 Å². The number of ether oxygens (including phenoxy) is 7. The number of Topliss-reactive ketones (excluding diaryl/α,β-unsaturated/α-hetero) is 1. The van der Waals surface area contributed by atoms with Gasteiger partial charge in [-0.25, -0.2) is 82.5 Å². The van der Waals surface area contributed by atoms with Gasteiger partial charge in [0, 0.05) is 74.4 Å². The molecule has 742 valence electrons. The molecule has 15 aromatic heterocycles. The lowest BCUT2D eigenvalue weighted by atomic mass is 10.3. The molecular weight excluding hydrogens is 1760 g/mol. The summed E-state index contributed by atoms with van der Waals surface area (Å²) in [6.07, 6.45) is 24.5. The van der Waals surface area contributed by atoms with Crippen LogP contribution < -0.4 is 17.2 Å². The number of imidazole rings is 6. The number of nitrogen functional groups attached to an aromatic ring is 3. The Kier molecular flexibility index (Phi) is 71.4. The summed E-state index contributed by atoms with van der Waals surface area (Å²) < 4.78 is 43.1. The van der Waals surface area contributed by atoms with Crippen LogP contribution in [0.2, 0.25) is 0 Å². The maximum atomic E-state index is 11.7. The molecule has 0 saturated carbocycles. The fraction of sp³-hybridized carbons (Fsp3) is 0.385. The zero-order valence-electron chi connectivity index (χ0n) is 84.9. The number of carbonyl (C=O) groups excluding carboxylic acids is 8. The molecule has 0 amide bonds.